The second-order valence-corrected chi connectivity index (χ2v) is 11.0. The summed E-state index contributed by atoms with van der Waals surface area (Å²) in [5.74, 6) is 0.237. The summed E-state index contributed by atoms with van der Waals surface area (Å²) >= 11 is 0. The van der Waals surface area contributed by atoms with Crippen LogP contribution >= 0.6 is 0 Å². The highest BCUT2D eigenvalue weighted by Crippen LogP contribution is 2.57. The predicted molar refractivity (Wildman–Crippen MR) is 186 cm³/mol. The van der Waals surface area contributed by atoms with Gasteiger partial charge in [0, 0.05) is 44.6 Å². The molecular formula is C41H32N2O. The Hall–Kier alpha value is -5.54. The van der Waals surface area contributed by atoms with Crippen molar-refractivity contribution in [2.24, 2.45) is 9.98 Å². The number of fused-ring (bicyclic) bond motifs is 6. The lowest BCUT2D eigenvalue weighted by atomic mass is 9.88. The van der Waals surface area contributed by atoms with Crippen LogP contribution in [0.15, 0.2) is 154 Å². The van der Waals surface area contributed by atoms with Crippen LogP contribution in [0.3, 0.4) is 0 Å². The Labute approximate surface area is 258 Å². The molecule has 2 heterocycles. The van der Waals surface area contributed by atoms with E-state index in [1.165, 1.54) is 5.56 Å². The summed E-state index contributed by atoms with van der Waals surface area (Å²) in [6.07, 6.45) is 4.32. The van der Waals surface area contributed by atoms with E-state index in [-0.39, 0.29) is 5.75 Å². The molecule has 0 atom stereocenters. The third-order valence-electron chi connectivity index (χ3n) is 8.39. The van der Waals surface area contributed by atoms with Crippen molar-refractivity contribution in [2.75, 3.05) is 0 Å². The molecule has 2 aliphatic heterocycles. The maximum atomic E-state index is 9.86. The van der Waals surface area contributed by atoms with E-state index in [0.717, 1.165) is 89.6 Å². The van der Waals surface area contributed by atoms with Crippen LogP contribution in [0.5, 0.6) is 5.75 Å². The van der Waals surface area contributed by atoms with Gasteiger partial charge in [0.1, 0.15) is 5.75 Å². The first-order chi connectivity index (χ1) is 21.5. The smallest absolute Gasteiger partial charge is 0.115 e. The quantitative estimate of drug-likeness (QED) is 0.263. The monoisotopic (exact) mass is 568 g/mol. The zero-order valence-corrected chi connectivity index (χ0v) is 25.1. The summed E-state index contributed by atoms with van der Waals surface area (Å²) in [4.78, 5) is 10.3. The molecule has 1 N–H and O–H groups in total. The van der Waals surface area contributed by atoms with Crippen molar-refractivity contribution in [3.05, 3.63) is 171 Å². The summed E-state index contributed by atoms with van der Waals surface area (Å²) < 4.78 is 0. The van der Waals surface area contributed by atoms with Crippen LogP contribution in [-0.4, -0.2) is 16.5 Å². The van der Waals surface area contributed by atoms with E-state index in [2.05, 4.69) is 92.9 Å². The van der Waals surface area contributed by atoms with Gasteiger partial charge in [-0.2, -0.15) is 0 Å². The fraction of sp³-hybridized carbons (Fsp3) is 0.0732. The first-order valence-corrected chi connectivity index (χ1v) is 15.0. The zero-order chi connectivity index (χ0) is 30.5. The second-order valence-electron chi connectivity index (χ2n) is 11.0. The Balaban J connectivity index is 0.00000153. The molecule has 0 bridgehead atoms. The summed E-state index contributed by atoms with van der Waals surface area (Å²) in [7, 11) is 0. The molecule has 0 amide bonds. The topological polar surface area (TPSA) is 45.0 Å². The summed E-state index contributed by atoms with van der Waals surface area (Å²) in [6, 6.07) is 32.4. The highest BCUT2D eigenvalue weighted by atomic mass is 16.3. The molecule has 3 heteroatoms. The second kappa shape index (κ2) is 10.6. The number of nitrogens with zero attached hydrogens (tertiary/aromatic N) is 2. The van der Waals surface area contributed by atoms with Gasteiger partial charge in [-0.05, 0) is 65.6 Å². The Bertz CT molecular complexity index is 1940. The highest BCUT2D eigenvalue weighted by molar-refractivity contribution is 6.48. The van der Waals surface area contributed by atoms with Gasteiger partial charge in [-0.3, -0.25) is 0 Å². The number of rotatable bonds is 3. The number of allylic oxidation sites excluding steroid dienone is 8. The maximum Gasteiger partial charge on any atom is 0.115 e. The minimum Gasteiger partial charge on any atom is -0.508 e. The molecule has 4 aromatic carbocycles. The third kappa shape index (κ3) is 4.20. The largest absolute Gasteiger partial charge is 0.508 e. The summed E-state index contributed by atoms with van der Waals surface area (Å²) in [6.45, 7) is 15.4. The highest BCUT2D eigenvalue weighted by Gasteiger charge is 2.43. The predicted octanol–water partition coefficient (Wildman–Crippen LogP) is 10.4. The average molecular weight is 569 g/mol. The minimum absolute atomic E-state index is 0.237. The van der Waals surface area contributed by atoms with Crippen LogP contribution in [-0.2, 0) is 0 Å². The lowest BCUT2D eigenvalue weighted by Crippen LogP contribution is -1.96. The molecule has 4 aromatic rings. The molecule has 0 saturated carbocycles. The molecule has 0 saturated heterocycles. The Morgan fingerprint density at radius 1 is 0.545 bits per heavy atom. The molecule has 8 rings (SSSR count). The van der Waals surface area contributed by atoms with Crippen molar-refractivity contribution in [1.29, 1.82) is 0 Å². The fourth-order valence-corrected chi connectivity index (χ4v) is 6.36. The van der Waals surface area contributed by atoms with E-state index in [1.807, 2.05) is 38.1 Å². The molecule has 0 fully saturated rings. The molecule has 4 aliphatic rings. The first-order valence-electron chi connectivity index (χ1n) is 15.0. The van der Waals surface area contributed by atoms with Crippen molar-refractivity contribution in [3.8, 4) is 5.75 Å². The van der Waals surface area contributed by atoms with Gasteiger partial charge >= 0.3 is 0 Å². The molecule has 44 heavy (non-hydrogen) atoms. The van der Waals surface area contributed by atoms with Gasteiger partial charge in [0.05, 0.1) is 22.8 Å². The molecule has 2 aliphatic carbocycles. The zero-order valence-electron chi connectivity index (χ0n) is 25.1. The van der Waals surface area contributed by atoms with Crippen LogP contribution < -0.4 is 0 Å². The number of hydrogen-bond donors (Lipinski definition) is 1. The fourth-order valence-electron chi connectivity index (χ4n) is 6.36. The standard InChI is InChI=1S/C39H26N2O.C2H6/c1-22-12-14-25(15-13-22)20-30-23(2)34(36-28-8-4-6-10-32(28)40-38(30)36)35-24(3)31(21-26-16-18-27(42)19-17-26)39-37(35)29-9-5-7-11-33(29)41-39;1-2/h4-21,42H,2-3H2,1H3;1-2H3/b30-20-,31-21-;. The summed E-state index contributed by atoms with van der Waals surface area (Å²) in [5.41, 5.74) is 17.5. The van der Waals surface area contributed by atoms with E-state index in [1.54, 1.807) is 12.1 Å². The van der Waals surface area contributed by atoms with Gasteiger partial charge in [-0.1, -0.05) is 105 Å². The Kier molecular flexibility index (Phi) is 6.59. The van der Waals surface area contributed by atoms with Gasteiger partial charge < -0.3 is 5.11 Å². The number of aromatic hydroxyl groups is 1. The molecule has 0 spiro atoms. The van der Waals surface area contributed by atoms with Gasteiger partial charge in [-0.15, -0.1) is 0 Å². The van der Waals surface area contributed by atoms with Crippen LogP contribution in [0.4, 0.5) is 11.4 Å². The number of phenols is 1. The maximum absolute atomic E-state index is 9.86. The van der Waals surface area contributed by atoms with Crippen LogP contribution in [0.1, 0.15) is 41.7 Å². The van der Waals surface area contributed by atoms with E-state index in [9.17, 15) is 5.11 Å². The normalized spacial score (nSPS) is 17.8. The van der Waals surface area contributed by atoms with Gasteiger partial charge in [0.15, 0.2) is 0 Å². The van der Waals surface area contributed by atoms with Crippen LogP contribution in [0.2, 0.25) is 0 Å². The molecular weight excluding hydrogens is 536 g/mol. The number of para-hydroxylation sites is 2. The van der Waals surface area contributed by atoms with Crippen molar-refractivity contribution >= 4 is 46.1 Å². The molecule has 0 radical (unpaired) electrons. The average Bonchev–Trinajstić information content (AvgIpc) is 3.75. The first kappa shape index (κ1) is 27.3. The lowest BCUT2D eigenvalue weighted by molar-refractivity contribution is 0.475. The summed E-state index contributed by atoms with van der Waals surface area (Å²) in [5, 5.41) is 9.86. The van der Waals surface area contributed by atoms with Crippen LogP contribution in [0.25, 0.3) is 23.3 Å². The van der Waals surface area contributed by atoms with Gasteiger partial charge in [0.25, 0.3) is 0 Å². The Morgan fingerprint density at radius 2 is 0.955 bits per heavy atom. The van der Waals surface area contributed by atoms with E-state index >= 15 is 0 Å². The number of aliphatic imine (C=N–C) groups is 2. The van der Waals surface area contributed by atoms with Gasteiger partial charge in [-0.25, -0.2) is 9.98 Å². The SMILES string of the molecule is C=C1C(C2=C3C(=Nc4ccccc43)/C(=C\c3ccc(O)cc3)C2=C)=C2C(=Nc3ccccc32)/C1=C\c1ccc(C)cc1.CC. The number of phenolic OH excluding ortho intramolecular Hbond substituents is 1. The number of hydrogen-bond acceptors (Lipinski definition) is 3. The van der Waals surface area contributed by atoms with Crippen LogP contribution in [0, 0.1) is 6.92 Å². The molecule has 0 aromatic heterocycles. The van der Waals surface area contributed by atoms with E-state index in [0.29, 0.717) is 0 Å². The van der Waals surface area contributed by atoms with E-state index < -0.39 is 0 Å². The Morgan fingerprint density at radius 3 is 1.41 bits per heavy atom. The lowest BCUT2D eigenvalue weighted by Gasteiger charge is -2.14. The van der Waals surface area contributed by atoms with Crippen molar-refractivity contribution in [2.45, 2.75) is 20.8 Å². The van der Waals surface area contributed by atoms with Crippen molar-refractivity contribution in [1.82, 2.24) is 0 Å². The number of aryl methyl sites for hydroxylation is 1. The van der Waals surface area contributed by atoms with Gasteiger partial charge in [0.2, 0.25) is 0 Å². The van der Waals surface area contributed by atoms with E-state index in [4.69, 9.17) is 9.98 Å². The molecule has 0 unspecified atom stereocenters. The third-order valence-corrected chi connectivity index (χ3v) is 8.39. The molecule has 212 valence electrons. The van der Waals surface area contributed by atoms with Crippen molar-refractivity contribution < 1.29 is 5.11 Å². The molecule has 3 nitrogen and oxygen atoms in total. The number of benzene rings is 4. The minimum atomic E-state index is 0.237. The van der Waals surface area contributed by atoms with Crippen molar-refractivity contribution in [3.63, 3.8) is 0 Å².